The molecule has 1 aliphatic rings. The molecule has 0 N–H and O–H groups in total. The Hall–Kier alpha value is -1.02. The molecule has 19 heavy (non-hydrogen) atoms. The third kappa shape index (κ3) is 3.30. The van der Waals surface area contributed by atoms with Gasteiger partial charge in [-0.1, -0.05) is 25.4 Å². The smallest absolute Gasteiger partial charge is 0.169 e. The van der Waals surface area contributed by atoms with E-state index in [0.29, 0.717) is 28.2 Å². The van der Waals surface area contributed by atoms with E-state index >= 15 is 0 Å². The Kier molecular flexibility index (Phi) is 4.51. The minimum Gasteiger partial charge on any atom is -0.496 e. The zero-order valence-electron chi connectivity index (χ0n) is 11.8. The van der Waals surface area contributed by atoms with E-state index in [9.17, 15) is 4.79 Å². The summed E-state index contributed by atoms with van der Waals surface area (Å²) in [5, 5.41) is 0.584. The van der Waals surface area contributed by atoms with Crippen LogP contribution in [-0.2, 0) is 0 Å². The van der Waals surface area contributed by atoms with Crippen molar-refractivity contribution in [2.45, 2.75) is 33.1 Å². The van der Waals surface area contributed by atoms with Crippen LogP contribution in [0.1, 0.15) is 43.5 Å². The molecule has 2 atom stereocenters. The summed E-state index contributed by atoms with van der Waals surface area (Å²) in [5.74, 6) is 2.13. The molecule has 2 nitrogen and oxygen atoms in total. The van der Waals surface area contributed by atoms with Gasteiger partial charge in [0.05, 0.1) is 12.7 Å². The van der Waals surface area contributed by atoms with Gasteiger partial charge in [0.25, 0.3) is 0 Å². The molecule has 3 heteroatoms. The van der Waals surface area contributed by atoms with E-state index < -0.39 is 0 Å². The first-order chi connectivity index (χ1) is 9.01. The van der Waals surface area contributed by atoms with Crippen molar-refractivity contribution in [3.05, 3.63) is 28.8 Å². The second-order valence-corrected chi connectivity index (χ2v) is 6.26. The monoisotopic (exact) mass is 280 g/mol. The van der Waals surface area contributed by atoms with E-state index in [-0.39, 0.29) is 11.7 Å². The lowest BCUT2D eigenvalue weighted by molar-refractivity contribution is 0.0833. The van der Waals surface area contributed by atoms with Gasteiger partial charge in [-0.2, -0.15) is 0 Å². The maximum atomic E-state index is 12.7. The van der Waals surface area contributed by atoms with Crippen molar-refractivity contribution in [1.82, 2.24) is 0 Å². The van der Waals surface area contributed by atoms with Crippen molar-refractivity contribution in [3.63, 3.8) is 0 Å². The van der Waals surface area contributed by atoms with Crippen LogP contribution < -0.4 is 4.74 Å². The number of ketones is 1. The highest BCUT2D eigenvalue weighted by molar-refractivity contribution is 6.31. The second-order valence-electron chi connectivity index (χ2n) is 5.82. The third-order valence-electron chi connectivity index (χ3n) is 3.98. The normalized spacial score (nSPS) is 27.1. The third-order valence-corrected chi connectivity index (χ3v) is 4.21. The summed E-state index contributed by atoms with van der Waals surface area (Å²) in [5.41, 5.74) is 0.626. The Morgan fingerprint density at radius 3 is 2.42 bits per heavy atom. The first-order valence-corrected chi connectivity index (χ1v) is 7.26. The molecule has 1 aromatic carbocycles. The Morgan fingerprint density at radius 1 is 1.21 bits per heavy atom. The molecule has 2 rings (SSSR count). The highest BCUT2D eigenvalue weighted by Crippen LogP contribution is 2.36. The molecule has 0 bridgehead atoms. The molecule has 1 aromatic rings. The molecule has 104 valence electrons. The minimum atomic E-state index is 0.103. The molecule has 0 aliphatic heterocycles. The molecular weight excluding hydrogens is 260 g/mol. The van der Waals surface area contributed by atoms with Crippen molar-refractivity contribution in [2.75, 3.05) is 7.11 Å². The zero-order chi connectivity index (χ0) is 14.0. The highest BCUT2D eigenvalue weighted by atomic mass is 35.5. The van der Waals surface area contributed by atoms with E-state index in [2.05, 4.69) is 13.8 Å². The van der Waals surface area contributed by atoms with Gasteiger partial charge in [0, 0.05) is 10.9 Å². The predicted octanol–water partition coefficient (Wildman–Crippen LogP) is 4.60. The maximum Gasteiger partial charge on any atom is 0.169 e. The van der Waals surface area contributed by atoms with Gasteiger partial charge in [-0.25, -0.2) is 0 Å². The number of methoxy groups -OCH3 is 1. The van der Waals surface area contributed by atoms with Gasteiger partial charge in [0.1, 0.15) is 5.75 Å². The number of Topliss-reactive ketones (excluding diaryl/α,β-unsaturated/α-hetero) is 1. The second kappa shape index (κ2) is 5.96. The average Bonchev–Trinajstić information content (AvgIpc) is 2.36. The molecule has 2 unspecified atom stereocenters. The summed E-state index contributed by atoms with van der Waals surface area (Å²) in [6.07, 6.45) is 3.16. The van der Waals surface area contributed by atoms with Gasteiger partial charge in [-0.05, 0) is 49.3 Å². The van der Waals surface area contributed by atoms with Gasteiger partial charge in [0.15, 0.2) is 5.78 Å². The summed E-state index contributed by atoms with van der Waals surface area (Å²) in [6.45, 7) is 4.45. The predicted molar refractivity (Wildman–Crippen MR) is 78.0 cm³/mol. The van der Waals surface area contributed by atoms with Crippen LogP contribution in [0.4, 0.5) is 0 Å². The fourth-order valence-electron chi connectivity index (χ4n) is 3.25. The molecule has 1 aliphatic carbocycles. The van der Waals surface area contributed by atoms with E-state index in [1.807, 2.05) is 0 Å². The Bertz CT molecular complexity index is 460. The number of carbonyl (C=O) groups excluding carboxylic acids is 1. The minimum absolute atomic E-state index is 0.103. The summed E-state index contributed by atoms with van der Waals surface area (Å²) >= 11 is 6.01. The first-order valence-electron chi connectivity index (χ1n) is 6.89. The molecule has 0 aromatic heterocycles. The Balaban J connectivity index is 2.26. The zero-order valence-corrected chi connectivity index (χ0v) is 12.5. The fourth-order valence-corrected chi connectivity index (χ4v) is 3.43. The summed E-state index contributed by atoms with van der Waals surface area (Å²) < 4.78 is 5.29. The number of hydrogen-bond donors (Lipinski definition) is 0. The van der Waals surface area contributed by atoms with Crippen LogP contribution in [0.3, 0.4) is 0 Å². The average molecular weight is 281 g/mol. The van der Waals surface area contributed by atoms with Crippen LogP contribution in [-0.4, -0.2) is 12.9 Å². The largest absolute Gasteiger partial charge is 0.496 e. The molecular formula is C16H21ClO2. The van der Waals surface area contributed by atoms with Crippen LogP contribution in [0.25, 0.3) is 0 Å². The first kappa shape index (κ1) is 14.4. The van der Waals surface area contributed by atoms with E-state index in [1.165, 1.54) is 6.42 Å². The molecule has 1 fully saturated rings. The van der Waals surface area contributed by atoms with Crippen molar-refractivity contribution in [2.24, 2.45) is 17.8 Å². The van der Waals surface area contributed by atoms with E-state index in [0.717, 1.165) is 12.8 Å². The van der Waals surface area contributed by atoms with Gasteiger partial charge in [-0.15, -0.1) is 0 Å². The SMILES string of the molecule is COc1ccc(Cl)cc1C(=O)C1CC(C)CC(C)C1. The van der Waals surface area contributed by atoms with E-state index in [4.69, 9.17) is 16.3 Å². The Morgan fingerprint density at radius 2 is 1.84 bits per heavy atom. The van der Waals surface area contributed by atoms with Crippen molar-refractivity contribution < 1.29 is 9.53 Å². The van der Waals surface area contributed by atoms with Crippen molar-refractivity contribution in [1.29, 1.82) is 0 Å². The van der Waals surface area contributed by atoms with Gasteiger partial charge in [-0.3, -0.25) is 4.79 Å². The number of halogens is 1. The van der Waals surface area contributed by atoms with Gasteiger partial charge < -0.3 is 4.74 Å². The van der Waals surface area contributed by atoms with Crippen molar-refractivity contribution >= 4 is 17.4 Å². The molecule has 0 heterocycles. The fraction of sp³-hybridized carbons (Fsp3) is 0.562. The quantitative estimate of drug-likeness (QED) is 0.756. The number of ether oxygens (including phenoxy) is 1. The van der Waals surface area contributed by atoms with Crippen LogP contribution in [0.2, 0.25) is 5.02 Å². The van der Waals surface area contributed by atoms with Gasteiger partial charge >= 0.3 is 0 Å². The maximum absolute atomic E-state index is 12.7. The summed E-state index contributed by atoms with van der Waals surface area (Å²) in [7, 11) is 1.59. The molecule has 0 amide bonds. The van der Waals surface area contributed by atoms with Crippen LogP contribution in [0.15, 0.2) is 18.2 Å². The molecule has 0 saturated heterocycles. The molecule has 1 saturated carbocycles. The number of rotatable bonds is 3. The van der Waals surface area contributed by atoms with Crippen molar-refractivity contribution in [3.8, 4) is 5.75 Å². The molecule has 0 spiro atoms. The highest BCUT2D eigenvalue weighted by Gasteiger charge is 2.30. The van der Waals surface area contributed by atoms with E-state index in [1.54, 1.807) is 25.3 Å². The lowest BCUT2D eigenvalue weighted by Crippen LogP contribution is -2.26. The van der Waals surface area contributed by atoms with Crippen LogP contribution >= 0.6 is 11.6 Å². The lowest BCUT2D eigenvalue weighted by Gasteiger charge is -2.30. The number of benzene rings is 1. The summed E-state index contributed by atoms with van der Waals surface area (Å²) in [6, 6.07) is 5.25. The van der Waals surface area contributed by atoms with Crippen LogP contribution in [0, 0.1) is 17.8 Å². The standard InChI is InChI=1S/C16H21ClO2/c1-10-6-11(2)8-12(7-10)16(18)14-9-13(17)4-5-15(14)19-3/h4-5,9-12H,6-8H2,1-3H3. The topological polar surface area (TPSA) is 26.3 Å². The lowest BCUT2D eigenvalue weighted by atomic mass is 9.74. The van der Waals surface area contributed by atoms with Gasteiger partial charge in [0.2, 0.25) is 0 Å². The molecule has 0 radical (unpaired) electrons. The Labute approximate surface area is 120 Å². The van der Waals surface area contributed by atoms with Crippen LogP contribution in [0.5, 0.6) is 5.75 Å². The number of carbonyl (C=O) groups is 1. The summed E-state index contributed by atoms with van der Waals surface area (Å²) in [4.78, 5) is 12.7. The number of hydrogen-bond acceptors (Lipinski definition) is 2.